The second-order valence-corrected chi connectivity index (χ2v) is 4.98. The monoisotopic (exact) mass is 343 g/mol. The Morgan fingerprint density at radius 3 is 2.92 bits per heavy atom. The normalized spacial score (nSPS) is 10.6. The summed E-state index contributed by atoms with van der Waals surface area (Å²) in [5, 5.41) is 12.1. The summed E-state index contributed by atoms with van der Waals surface area (Å²) in [5.41, 5.74) is -0.625. The standard InChI is InChI=1S/C16H13N3O6/c1-2-24-16(23)18-10-5-8(20)3-4-9(10)12-6-11(21)14-15(25-12)19-13(22)7-17-14/h3-7,20H,2H2,1H3,(H,18,23)(H,19,22). The number of hydrogen-bond acceptors (Lipinski definition) is 7. The van der Waals surface area contributed by atoms with Gasteiger partial charge in [0.25, 0.3) is 5.56 Å². The molecule has 0 radical (unpaired) electrons. The molecule has 3 rings (SSSR count). The first-order valence-electron chi connectivity index (χ1n) is 7.28. The number of carbonyl (C=O) groups is 1. The van der Waals surface area contributed by atoms with Crippen molar-refractivity contribution in [2.75, 3.05) is 11.9 Å². The molecule has 1 aromatic carbocycles. The Morgan fingerprint density at radius 1 is 1.36 bits per heavy atom. The van der Waals surface area contributed by atoms with E-state index in [9.17, 15) is 19.5 Å². The molecule has 0 fully saturated rings. The van der Waals surface area contributed by atoms with Crippen molar-refractivity contribution in [3.63, 3.8) is 0 Å². The zero-order chi connectivity index (χ0) is 18.0. The molecule has 2 heterocycles. The molecule has 0 bridgehead atoms. The molecule has 25 heavy (non-hydrogen) atoms. The summed E-state index contributed by atoms with van der Waals surface area (Å²) in [6.45, 7) is 1.81. The van der Waals surface area contributed by atoms with Gasteiger partial charge in [0.1, 0.15) is 11.5 Å². The minimum Gasteiger partial charge on any atom is -0.508 e. The molecule has 0 aliphatic rings. The van der Waals surface area contributed by atoms with E-state index in [2.05, 4.69) is 15.3 Å². The number of nitrogens with one attached hydrogen (secondary N) is 2. The molecule has 2 aromatic heterocycles. The van der Waals surface area contributed by atoms with Gasteiger partial charge < -0.3 is 14.3 Å². The number of rotatable bonds is 3. The quantitative estimate of drug-likeness (QED) is 0.660. The lowest BCUT2D eigenvalue weighted by atomic mass is 10.1. The van der Waals surface area contributed by atoms with Crippen LogP contribution in [0.3, 0.4) is 0 Å². The van der Waals surface area contributed by atoms with Crippen molar-refractivity contribution in [1.82, 2.24) is 9.97 Å². The lowest BCUT2D eigenvalue weighted by Gasteiger charge is -2.11. The summed E-state index contributed by atoms with van der Waals surface area (Å²) in [4.78, 5) is 41.4. The molecule has 0 aliphatic carbocycles. The summed E-state index contributed by atoms with van der Waals surface area (Å²) in [5.74, 6) is -0.0262. The van der Waals surface area contributed by atoms with E-state index in [0.29, 0.717) is 5.56 Å². The summed E-state index contributed by atoms with van der Waals surface area (Å²) in [7, 11) is 0. The van der Waals surface area contributed by atoms with Crippen molar-refractivity contribution in [2.45, 2.75) is 6.92 Å². The maximum absolute atomic E-state index is 12.2. The van der Waals surface area contributed by atoms with Crippen molar-refractivity contribution >= 4 is 23.0 Å². The third-order valence-corrected chi connectivity index (χ3v) is 3.25. The predicted molar refractivity (Wildman–Crippen MR) is 88.6 cm³/mol. The second-order valence-electron chi connectivity index (χ2n) is 4.98. The van der Waals surface area contributed by atoms with Crippen molar-refractivity contribution in [3.8, 4) is 17.1 Å². The highest BCUT2D eigenvalue weighted by Crippen LogP contribution is 2.31. The summed E-state index contributed by atoms with van der Waals surface area (Å²) in [6, 6.07) is 5.27. The number of aromatic hydroxyl groups is 1. The van der Waals surface area contributed by atoms with Gasteiger partial charge in [0.2, 0.25) is 11.1 Å². The van der Waals surface area contributed by atoms with Crippen LogP contribution in [0.15, 0.2) is 44.5 Å². The molecule has 0 saturated heterocycles. The number of phenolic OH excluding ortho intramolecular Hbond substituents is 1. The van der Waals surface area contributed by atoms with E-state index in [1.807, 2.05) is 0 Å². The molecule has 0 unspecified atom stereocenters. The van der Waals surface area contributed by atoms with Crippen LogP contribution < -0.4 is 16.3 Å². The van der Waals surface area contributed by atoms with E-state index in [0.717, 1.165) is 6.20 Å². The minimum atomic E-state index is -0.729. The highest BCUT2D eigenvalue weighted by atomic mass is 16.5. The fraction of sp³-hybridized carbons (Fsp3) is 0.125. The van der Waals surface area contributed by atoms with Crippen LogP contribution in [0.5, 0.6) is 5.75 Å². The third kappa shape index (κ3) is 3.34. The average molecular weight is 343 g/mol. The van der Waals surface area contributed by atoms with Crippen LogP contribution in [0.4, 0.5) is 10.5 Å². The second kappa shape index (κ2) is 6.48. The summed E-state index contributed by atoms with van der Waals surface area (Å²) >= 11 is 0. The zero-order valence-electron chi connectivity index (χ0n) is 13.0. The molecule has 0 spiro atoms. The van der Waals surface area contributed by atoms with Gasteiger partial charge in [-0.25, -0.2) is 9.78 Å². The number of hydrogen-bond donors (Lipinski definition) is 3. The molecular weight excluding hydrogens is 330 g/mol. The maximum Gasteiger partial charge on any atom is 0.411 e. The highest BCUT2D eigenvalue weighted by Gasteiger charge is 2.15. The fourth-order valence-corrected chi connectivity index (χ4v) is 2.22. The average Bonchev–Trinajstić information content (AvgIpc) is 2.54. The number of carbonyl (C=O) groups excluding carboxylic acids is 1. The van der Waals surface area contributed by atoms with Gasteiger partial charge in [0.15, 0.2) is 5.52 Å². The smallest absolute Gasteiger partial charge is 0.411 e. The molecule has 9 heteroatoms. The maximum atomic E-state index is 12.2. The molecule has 0 aliphatic heterocycles. The van der Waals surface area contributed by atoms with Crippen molar-refractivity contribution in [3.05, 3.63) is 51.0 Å². The van der Waals surface area contributed by atoms with Crippen molar-refractivity contribution in [1.29, 1.82) is 0 Å². The van der Waals surface area contributed by atoms with Gasteiger partial charge >= 0.3 is 6.09 Å². The first kappa shape index (κ1) is 16.2. The predicted octanol–water partition coefficient (Wildman–Crippen LogP) is 1.82. The van der Waals surface area contributed by atoms with E-state index in [1.165, 1.54) is 24.3 Å². The molecule has 9 nitrogen and oxygen atoms in total. The van der Waals surface area contributed by atoms with Gasteiger partial charge in [-0.05, 0) is 19.1 Å². The molecular formula is C16H13N3O6. The lowest BCUT2D eigenvalue weighted by Crippen LogP contribution is -2.14. The first-order chi connectivity index (χ1) is 12.0. The summed E-state index contributed by atoms with van der Waals surface area (Å²) in [6.07, 6.45) is 0.250. The van der Waals surface area contributed by atoms with Crippen LogP contribution in [0, 0.1) is 0 Å². The van der Waals surface area contributed by atoms with Gasteiger partial charge in [0.05, 0.1) is 18.5 Å². The van der Waals surface area contributed by atoms with Gasteiger partial charge in [-0.3, -0.25) is 19.9 Å². The Balaban J connectivity index is 2.16. The van der Waals surface area contributed by atoms with Gasteiger partial charge in [0, 0.05) is 17.7 Å². The van der Waals surface area contributed by atoms with Crippen LogP contribution in [0.1, 0.15) is 6.92 Å². The largest absolute Gasteiger partial charge is 0.508 e. The molecule has 3 N–H and O–H groups in total. The Labute approximate surface area is 139 Å². The van der Waals surface area contributed by atoms with E-state index in [1.54, 1.807) is 6.92 Å². The number of anilines is 1. The van der Waals surface area contributed by atoms with Crippen LogP contribution in [0.25, 0.3) is 22.6 Å². The highest BCUT2D eigenvalue weighted by molar-refractivity contribution is 5.91. The van der Waals surface area contributed by atoms with Crippen LogP contribution in [-0.2, 0) is 4.74 Å². The fourth-order valence-electron chi connectivity index (χ4n) is 2.22. The number of H-pyrrole nitrogens is 1. The molecule has 0 atom stereocenters. The van der Waals surface area contributed by atoms with Crippen molar-refractivity contribution < 1.29 is 19.1 Å². The van der Waals surface area contributed by atoms with Gasteiger partial charge in [-0.1, -0.05) is 0 Å². The van der Waals surface area contributed by atoms with Crippen molar-refractivity contribution in [2.24, 2.45) is 0 Å². The molecule has 3 aromatic rings. The Kier molecular flexibility index (Phi) is 4.21. The Bertz CT molecular complexity index is 1070. The van der Waals surface area contributed by atoms with Gasteiger partial charge in [-0.2, -0.15) is 0 Å². The topological polar surface area (TPSA) is 135 Å². The molecule has 0 saturated carbocycles. The summed E-state index contributed by atoms with van der Waals surface area (Å²) < 4.78 is 10.3. The van der Waals surface area contributed by atoms with Gasteiger partial charge in [-0.15, -0.1) is 0 Å². The van der Waals surface area contributed by atoms with E-state index >= 15 is 0 Å². The number of fused-ring (bicyclic) bond motifs is 1. The zero-order valence-corrected chi connectivity index (χ0v) is 13.0. The van der Waals surface area contributed by atoms with E-state index in [-0.39, 0.29) is 35.0 Å². The number of nitrogens with zero attached hydrogens (tertiary/aromatic N) is 1. The first-order valence-corrected chi connectivity index (χ1v) is 7.28. The number of amides is 1. The van der Waals surface area contributed by atoms with E-state index < -0.39 is 17.1 Å². The Hall–Kier alpha value is -3.62. The third-order valence-electron chi connectivity index (χ3n) is 3.25. The van der Waals surface area contributed by atoms with Crippen LogP contribution >= 0.6 is 0 Å². The number of ether oxygens (including phenoxy) is 1. The van der Waals surface area contributed by atoms with E-state index in [4.69, 9.17) is 9.15 Å². The SMILES string of the molecule is CCOC(=O)Nc1cc(O)ccc1-c1cc(=O)c2ncc(=O)[nH]c2o1. The van der Waals surface area contributed by atoms with Crippen LogP contribution in [0.2, 0.25) is 0 Å². The molecule has 128 valence electrons. The number of phenols is 1. The number of benzene rings is 1. The number of aromatic nitrogens is 2. The van der Waals surface area contributed by atoms with Crippen LogP contribution in [-0.4, -0.2) is 27.8 Å². The Morgan fingerprint density at radius 2 is 2.16 bits per heavy atom. The number of aromatic amines is 1. The minimum absolute atomic E-state index is 0.0259. The molecule has 1 amide bonds. The lowest BCUT2D eigenvalue weighted by molar-refractivity contribution is 0.168.